The number of imidazole rings is 1. The summed E-state index contributed by atoms with van der Waals surface area (Å²) in [5.74, 6) is 1.60. The van der Waals surface area contributed by atoms with E-state index in [1.54, 1.807) is 6.33 Å². The Balaban J connectivity index is 1.48. The maximum absolute atomic E-state index is 13.1. The quantitative estimate of drug-likeness (QED) is 0.742. The molecule has 1 atom stereocenters. The fourth-order valence-corrected chi connectivity index (χ4v) is 3.64. The molecule has 2 aromatic carbocycles. The molecule has 5 rings (SSSR count). The molecule has 1 aromatic heterocycles. The lowest BCUT2D eigenvalue weighted by atomic mass is 9.93. The van der Waals surface area contributed by atoms with Crippen LogP contribution in [0.25, 0.3) is 11.0 Å². The Morgan fingerprint density at radius 2 is 2.00 bits per heavy atom. The lowest BCUT2D eigenvalue weighted by Crippen LogP contribution is -2.42. The van der Waals surface area contributed by atoms with Crippen LogP contribution < -0.4 is 9.47 Å². The summed E-state index contributed by atoms with van der Waals surface area (Å²) < 4.78 is 10.9. The number of benzene rings is 2. The normalized spacial score (nSPS) is 18.4. The maximum Gasteiger partial charge on any atom is 0.254 e. The SMILES string of the molecule is CC1Cc2cc3c(cc2CN1C(=O)c1ccc2nc[nH]c2c1)OCO3. The second-order valence-electron chi connectivity index (χ2n) is 6.59. The highest BCUT2D eigenvalue weighted by atomic mass is 16.7. The molecule has 0 fully saturated rings. The number of hydrogen-bond donors (Lipinski definition) is 1. The lowest BCUT2D eigenvalue weighted by molar-refractivity contribution is 0.0658. The molecule has 0 bridgehead atoms. The Hall–Kier alpha value is -3.02. The van der Waals surface area contributed by atoms with Crippen LogP contribution >= 0.6 is 0 Å². The monoisotopic (exact) mass is 335 g/mol. The molecule has 25 heavy (non-hydrogen) atoms. The van der Waals surface area contributed by atoms with Gasteiger partial charge in [-0.3, -0.25) is 4.79 Å². The van der Waals surface area contributed by atoms with Crippen LogP contribution in [0.15, 0.2) is 36.7 Å². The zero-order chi connectivity index (χ0) is 17.0. The summed E-state index contributed by atoms with van der Waals surface area (Å²) in [6.45, 7) is 2.92. The van der Waals surface area contributed by atoms with Crippen molar-refractivity contribution in [2.75, 3.05) is 6.79 Å². The average molecular weight is 335 g/mol. The number of carbonyl (C=O) groups is 1. The van der Waals surface area contributed by atoms with E-state index >= 15 is 0 Å². The topological polar surface area (TPSA) is 67.5 Å². The Morgan fingerprint density at radius 1 is 1.20 bits per heavy atom. The molecule has 0 radical (unpaired) electrons. The van der Waals surface area contributed by atoms with Gasteiger partial charge in [-0.2, -0.15) is 0 Å². The van der Waals surface area contributed by atoms with E-state index in [9.17, 15) is 4.79 Å². The number of ether oxygens (including phenoxy) is 2. The number of hydrogen-bond acceptors (Lipinski definition) is 4. The van der Waals surface area contributed by atoms with Crippen LogP contribution in [0.4, 0.5) is 0 Å². The van der Waals surface area contributed by atoms with E-state index in [0.29, 0.717) is 12.1 Å². The lowest BCUT2D eigenvalue weighted by Gasteiger charge is -2.35. The Bertz CT molecular complexity index is 995. The van der Waals surface area contributed by atoms with Crippen molar-refractivity contribution in [2.45, 2.75) is 25.9 Å². The molecule has 1 unspecified atom stereocenters. The molecule has 0 saturated heterocycles. The van der Waals surface area contributed by atoms with Gasteiger partial charge in [0.15, 0.2) is 11.5 Å². The van der Waals surface area contributed by atoms with Gasteiger partial charge in [0.1, 0.15) is 0 Å². The predicted octanol–water partition coefficient (Wildman–Crippen LogP) is 2.88. The zero-order valence-corrected chi connectivity index (χ0v) is 13.8. The van der Waals surface area contributed by atoms with E-state index in [2.05, 4.69) is 16.9 Å². The van der Waals surface area contributed by atoms with Crippen LogP contribution in [-0.2, 0) is 13.0 Å². The summed E-state index contributed by atoms with van der Waals surface area (Å²) in [4.78, 5) is 22.2. The number of H-pyrrole nitrogens is 1. The van der Waals surface area contributed by atoms with Crippen LogP contribution in [0, 0.1) is 0 Å². The van der Waals surface area contributed by atoms with Crippen LogP contribution in [-0.4, -0.2) is 33.6 Å². The highest BCUT2D eigenvalue weighted by molar-refractivity contribution is 5.97. The molecule has 126 valence electrons. The summed E-state index contributed by atoms with van der Waals surface area (Å²) in [5.41, 5.74) is 4.76. The van der Waals surface area contributed by atoms with Crippen LogP contribution in [0.5, 0.6) is 11.5 Å². The number of amides is 1. The van der Waals surface area contributed by atoms with Crippen molar-refractivity contribution in [3.63, 3.8) is 0 Å². The molecule has 0 aliphatic carbocycles. The Kier molecular flexibility index (Phi) is 3.00. The molecule has 6 nitrogen and oxygen atoms in total. The van der Waals surface area contributed by atoms with Gasteiger partial charge in [0.2, 0.25) is 6.79 Å². The van der Waals surface area contributed by atoms with Gasteiger partial charge in [0, 0.05) is 18.2 Å². The number of nitrogens with zero attached hydrogens (tertiary/aromatic N) is 2. The fraction of sp³-hybridized carbons (Fsp3) is 0.263. The van der Waals surface area contributed by atoms with Crippen molar-refractivity contribution < 1.29 is 14.3 Å². The molecule has 2 aliphatic heterocycles. The van der Waals surface area contributed by atoms with E-state index in [0.717, 1.165) is 34.5 Å². The molecule has 3 aromatic rings. The number of carbonyl (C=O) groups excluding carboxylic acids is 1. The van der Waals surface area contributed by atoms with E-state index in [-0.39, 0.29) is 18.7 Å². The van der Waals surface area contributed by atoms with Gasteiger partial charge in [0.25, 0.3) is 5.91 Å². The Labute approximate surface area is 144 Å². The smallest absolute Gasteiger partial charge is 0.254 e. The van der Waals surface area contributed by atoms with E-state index < -0.39 is 0 Å². The highest BCUT2D eigenvalue weighted by Crippen LogP contribution is 2.38. The average Bonchev–Trinajstić information content (AvgIpc) is 3.26. The Morgan fingerprint density at radius 3 is 2.84 bits per heavy atom. The van der Waals surface area contributed by atoms with Gasteiger partial charge in [-0.1, -0.05) is 0 Å². The van der Waals surface area contributed by atoms with Gasteiger partial charge < -0.3 is 19.4 Å². The molecule has 6 heteroatoms. The number of fused-ring (bicyclic) bond motifs is 3. The standard InChI is InChI=1S/C19H17N3O3/c1-11-4-13-6-17-18(25-10-24-17)7-14(13)8-22(11)19(23)12-2-3-15-16(5-12)21-9-20-15/h2-3,5-7,9,11H,4,8,10H2,1H3,(H,20,21). The third-order valence-corrected chi connectivity index (χ3v) is 5.01. The first-order valence-corrected chi connectivity index (χ1v) is 8.34. The number of rotatable bonds is 1. The summed E-state index contributed by atoms with van der Waals surface area (Å²) in [7, 11) is 0. The summed E-state index contributed by atoms with van der Waals surface area (Å²) in [5, 5.41) is 0. The van der Waals surface area contributed by atoms with Crippen LogP contribution in [0.2, 0.25) is 0 Å². The van der Waals surface area contributed by atoms with Gasteiger partial charge in [-0.25, -0.2) is 4.98 Å². The van der Waals surface area contributed by atoms with Crippen molar-refractivity contribution in [3.05, 3.63) is 53.3 Å². The second kappa shape index (κ2) is 5.24. The molecule has 1 amide bonds. The van der Waals surface area contributed by atoms with Gasteiger partial charge >= 0.3 is 0 Å². The number of nitrogens with one attached hydrogen (secondary N) is 1. The number of aromatic amines is 1. The third kappa shape index (κ3) is 2.25. The molecular weight excluding hydrogens is 318 g/mol. The van der Waals surface area contributed by atoms with E-state index in [1.165, 1.54) is 5.56 Å². The van der Waals surface area contributed by atoms with Crippen molar-refractivity contribution >= 4 is 16.9 Å². The van der Waals surface area contributed by atoms with Crippen LogP contribution in [0.3, 0.4) is 0 Å². The third-order valence-electron chi connectivity index (χ3n) is 5.01. The van der Waals surface area contributed by atoms with Crippen LogP contribution in [0.1, 0.15) is 28.4 Å². The molecule has 0 saturated carbocycles. The second-order valence-corrected chi connectivity index (χ2v) is 6.59. The molecule has 0 spiro atoms. The molecule has 3 heterocycles. The van der Waals surface area contributed by atoms with Gasteiger partial charge in [-0.15, -0.1) is 0 Å². The largest absolute Gasteiger partial charge is 0.454 e. The van der Waals surface area contributed by atoms with Crippen molar-refractivity contribution in [1.82, 2.24) is 14.9 Å². The zero-order valence-electron chi connectivity index (χ0n) is 13.8. The number of aromatic nitrogens is 2. The van der Waals surface area contributed by atoms with Crippen molar-refractivity contribution in [2.24, 2.45) is 0 Å². The first-order chi connectivity index (χ1) is 12.2. The first-order valence-electron chi connectivity index (χ1n) is 8.34. The van der Waals surface area contributed by atoms with Crippen molar-refractivity contribution in [1.29, 1.82) is 0 Å². The molecule has 2 aliphatic rings. The fourth-order valence-electron chi connectivity index (χ4n) is 3.64. The highest BCUT2D eigenvalue weighted by Gasteiger charge is 2.30. The summed E-state index contributed by atoms with van der Waals surface area (Å²) in [6, 6.07) is 9.76. The molecular formula is C19H17N3O3. The minimum atomic E-state index is 0.0346. The van der Waals surface area contributed by atoms with Gasteiger partial charge in [0.05, 0.1) is 17.4 Å². The maximum atomic E-state index is 13.1. The van der Waals surface area contributed by atoms with Gasteiger partial charge in [-0.05, 0) is 54.8 Å². The minimum absolute atomic E-state index is 0.0346. The minimum Gasteiger partial charge on any atom is -0.454 e. The summed E-state index contributed by atoms with van der Waals surface area (Å²) in [6.07, 6.45) is 2.45. The van der Waals surface area contributed by atoms with E-state index in [4.69, 9.17) is 9.47 Å². The van der Waals surface area contributed by atoms with E-state index in [1.807, 2.05) is 35.2 Å². The summed E-state index contributed by atoms with van der Waals surface area (Å²) >= 11 is 0. The molecule has 1 N–H and O–H groups in total. The van der Waals surface area contributed by atoms with Crippen molar-refractivity contribution in [3.8, 4) is 11.5 Å². The predicted molar refractivity (Wildman–Crippen MR) is 91.7 cm³/mol. The first kappa shape index (κ1) is 14.3.